The maximum Gasteiger partial charge on any atom is 2.00 e. The molecule has 3 aromatic rings. The van der Waals surface area contributed by atoms with Crippen LogP contribution in [0.15, 0.2) is 72.8 Å². The first-order chi connectivity index (χ1) is 9.31. The van der Waals surface area contributed by atoms with Crippen molar-refractivity contribution in [2.75, 3.05) is 0 Å². The molecule has 0 saturated carbocycles. The summed E-state index contributed by atoms with van der Waals surface area (Å²) in [4.78, 5) is 0. The molecular formula is C17H15FFeO. The fourth-order valence-electron chi connectivity index (χ4n) is 1.77. The van der Waals surface area contributed by atoms with Gasteiger partial charge in [0.1, 0.15) is 0 Å². The Hall–Kier alpha value is -1.67. The summed E-state index contributed by atoms with van der Waals surface area (Å²) in [5.41, 5.74) is 2.20. The Balaban J connectivity index is 0.000000283. The van der Waals surface area contributed by atoms with Crippen LogP contribution in [0, 0.1) is 5.82 Å². The average Bonchev–Trinajstić information content (AvgIpc) is 3.14. The summed E-state index contributed by atoms with van der Waals surface area (Å²) >= 11 is 0. The van der Waals surface area contributed by atoms with Crippen molar-refractivity contribution in [1.82, 2.24) is 0 Å². The van der Waals surface area contributed by atoms with Crippen LogP contribution in [0.5, 0.6) is 0 Å². The third-order valence-electron chi connectivity index (χ3n) is 2.74. The fourth-order valence-corrected chi connectivity index (χ4v) is 1.77. The summed E-state index contributed by atoms with van der Waals surface area (Å²) in [7, 11) is 0. The number of hydrogen-bond donors (Lipinski definition) is 1. The zero-order valence-electron chi connectivity index (χ0n) is 10.8. The average molecular weight is 310 g/mol. The van der Waals surface area contributed by atoms with Gasteiger partial charge in [0, 0.05) is 6.61 Å². The van der Waals surface area contributed by atoms with Gasteiger partial charge in [-0.1, -0.05) is 29.3 Å². The van der Waals surface area contributed by atoms with Crippen LogP contribution in [0.3, 0.4) is 0 Å². The predicted octanol–water partition coefficient (Wildman–Crippen LogP) is 4.11. The first-order valence-corrected chi connectivity index (χ1v) is 6.09. The second kappa shape index (κ2) is 8.49. The minimum absolute atomic E-state index is 0. The van der Waals surface area contributed by atoms with Gasteiger partial charge in [0.25, 0.3) is 0 Å². The molecule has 0 fully saturated rings. The largest absolute Gasteiger partial charge is 2.00 e. The van der Waals surface area contributed by atoms with Crippen LogP contribution in [-0.4, -0.2) is 5.11 Å². The Bertz CT molecular complexity index is 582. The second-order valence-corrected chi connectivity index (χ2v) is 4.11. The van der Waals surface area contributed by atoms with E-state index in [1.807, 2.05) is 36.4 Å². The van der Waals surface area contributed by atoms with Crippen molar-refractivity contribution in [1.29, 1.82) is 0 Å². The van der Waals surface area contributed by atoms with Crippen LogP contribution < -0.4 is 0 Å². The van der Waals surface area contributed by atoms with E-state index in [1.165, 1.54) is 6.07 Å². The van der Waals surface area contributed by atoms with E-state index >= 15 is 0 Å². The van der Waals surface area contributed by atoms with Gasteiger partial charge in [-0.2, -0.15) is 18.2 Å². The molecule has 3 rings (SSSR count). The molecule has 0 aliphatic carbocycles. The van der Waals surface area contributed by atoms with Gasteiger partial charge in [-0.25, -0.2) is 12.1 Å². The van der Waals surface area contributed by atoms with Crippen molar-refractivity contribution in [2.45, 2.75) is 6.61 Å². The molecule has 0 amide bonds. The Morgan fingerprint density at radius 2 is 1.75 bits per heavy atom. The van der Waals surface area contributed by atoms with Crippen molar-refractivity contribution in [3.63, 3.8) is 0 Å². The number of halogens is 1. The molecule has 0 spiro atoms. The van der Waals surface area contributed by atoms with Crippen LogP contribution in [0.4, 0.5) is 4.39 Å². The molecule has 0 radical (unpaired) electrons. The van der Waals surface area contributed by atoms with E-state index in [2.05, 4.69) is 0 Å². The van der Waals surface area contributed by atoms with Crippen LogP contribution in [0.25, 0.3) is 11.1 Å². The molecule has 104 valence electrons. The van der Waals surface area contributed by atoms with Gasteiger partial charge in [0.15, 0.2) is 0 Å². The molecule has 0 unspecified atom stereocenters. The SMILES string of the molecule is OCc1cc[c-](-c2ccccc2F)c1.[Fe+2].c1cc[cH-]c1. The van der Waals surface area contributed by atoms with Crippen molar-refractivity contribution in [3.05, 3.63) is 84.2 Å². The first kappa shape index (κ1) is 16.4. The zero-order valence-corrected chi connectivity index (χ0v) is 11.9. The summed E-state index contributed by atoms with van der Waals surface area (Å²) in [6, 6.07) is 22.0. The molecule has 1 nitrogen and oxygen atoms in total. The summed E-state index contributed by atoms with van der Waals surface area (Å²) in [5.74, 6) is -0.234. The standard InChI is InChI=1S/C12H10FO.C5H5.Fe/c13-12-4-2-1-3-11(12)10-6-5-9(7-10)8-14;1-2-4-5-3-1;/h1-7,14H,8H2;1-5H;/q2*-1;+2. The quantitative estimate of drug-likeness (QED) is 0.558. The number of aliphatic hydroxyl groups is 1. The van der Waals surface area contributed by atoms with E-state index in [4.69, 9.17) is 5.11 Å². The smallest absolute Gasteiger partial charge is 0.400 e. The third kappa shape index (κ3) is 4.46. The molecule has 20 heavy (non-hydrogen) atoms. The topological polar surface area (TPSA) is 20.2 Å². The molecule has 0 aliphatic rings. The number of benzene rings is 1. The maximum atomic E-state index is 13.3. The van der Waals surface area contributed by atoms with Crippen LogP contribution >= 0.6 is 0 Å². The molecule has 0 bridgehead atoms. The number of aliphatic hydroxyl groups excluding tert-OH is 1. The predicted molar refractivity (Wildman–Crippen MR) is 75.4 cm³/mol. The van der Waals surface area contributed by atoms with Crippen molar-refractivity contribution in [3.8, 4) is 11.1 Å². The summed E-state index contributed by atoms with van der Waals surface area (Å²) in [5, 5.41) is 8.87. The van der Waals surface area contributed by atoms with E-state index in [9.17, 15) is 4.39 Å². The van der Waals surface area contributed by atoms with Gasteiger partial charge in [0.2, 0.25) is 0 Å². The van der Waals surface area contributed by atoms with Crippen molar-refractivity contribution >= 4 is 0 Å². The molecule has 0 aromatic heterocycles. The molecule has 1 N–H and O–H groups in total. The Morgan fingerprint density at radius 3 is 2.25 bits per heavy atom. The summed E-state index contributed by atoms with van der Waals surface area (Å²) < 4.78 is 13.3. The van der Waals surface area contributed by atoms with Gasteiger partial charge in [-0.05, 0) is 0 Å². The van der Waals surface area contributed by atoms with Gasteiger partial charge >= 0.3 is 17.1 Å². The number of rotatable bonds is 2. The Labute approximate surface area is 128 Å². The molecule has 0 atom stereocenters. The summed E-state index contributed by atoms with van der Waals surface area (Å²) in [6.07, 6.45) is 0. The number of hydrogen-bond acceptors (Lipinski definition) is 1. The molecule has 0 saturated heterocycles. The zero-order chi connectivity index (χ0) is 13.5. The third-order valence-corrected chi connectivity index (χ3v) is 2.74. The molecular weight excluding hydrogens is 295 g/mol. The monoisotopic (exact) mass is 310 g/mol. The van der Waals surface area contributed by atoms with Gasteiger partial charge < -0.3 is 5.11 Å². The molecule has 3 heteroatoms. The van der Waals surface area contributed by atoms with E-state index < -0.39 is 0 Å². The maximum absolute atomic E-state index is 13.3. The van der Waals surface area contributed by atoms with Crippen molar-refractivity contribution in [2.24, 2.45) is 0 Å². The molecule has 3 aromatic carbocycles. The van der Waals surface area contributed by atoms with Crippen LogP contribution in [0.1, 0.15) is 5.56 Å². The van der Waals surface area contributed by atoms with Crippen LogP contribution in [-0.2, 0) is 23.7 Å². The van der Waals surface area contributed by atoms with Gasteiger partial charge in [0.05, 0.1) is 5.82 Å². The van der Waals surface area contributed by atoms with E-state index in [-0.39, 0.29) is 29.5 Å². The Morgan fingerprint density at radius 1 is 1.05 bits per heavy atom. The molecule has 0 aliphatic heterocycles. The minimum Gasteiger partial charge on any atom is -0.400 e. The molecule has 0 heterocycles. The summed E-state index contributed by atoms with van der Waals surface area (Å²) in [6.45, 7) is -0.00550. The fraction of sp³-hybridized carbons (Fsp3) is 0.0588. The van der Waals surface area contributed by atoms with E-state index in [0.717, 1.165) is 11.1 Å². The first-order valence-electron chi connectivity index (χ1n) is 6.09. The minimum atomic E-state index is -0.234. The van der Waals surface area contributed by atoms with Gasteiger partial charge in [-0.3, -0.25) is 4.39 Å². The normalized spacial score (nSPS) is 9.30. The van der Waals surface area contributed by atoms with E-state index in [1.54, 1.807) is 30.3 Å². The van der Waals surface area contributed by atoms with Crippen molar-refractivity contribution < 1.29 is 26.6 Å². The van der Waals surface area contributed by atoms with Crippen LogP contribution in [0.2, 0.25) is 0 Å². The second-order valence-electron chi connectivity index (χ2n) is 4.11. The van der Waals surface area contributed by atoms with E-state index in [0.29, 0.717) is 5.56 Å². The van der Waals surface area contributed by atoms with Gasteiger partial charge in [-0.15, -0.1) is 29.8 Å². The Kier molecular flexibility index (Phi) is 6.96.